The minimum absolute atomic E-state index is 0.0297. The van der Waals surface area contributed by atoms with Crippen molar-refractivity contribution in [3.05, 3.63) is 60.0 Å². The minimum Gasteiger partial charge on any atom is -0.377 e. The van der Waals surface area contributed by atoms with E-state index in [4.69, 9.17) is 4.74 Å². The highest BCUT2D eigenvalue weighted by Gasteiger charge is 2.38. The van der Waals surface area contributed by atoms with Crippen molar-refractivity contribution >= 4 is 11.8 Å². The lowest BCUT2D eigenvalue weighted by Crippen LogP contribution is -2.53. The van der Waals surface area contributed by atoms with Gasteiger partial charge in [0, 0.05) is 42.8 Å². The Bertz CT molecular complexity index is 1120. The Morgan fingerprint density at radius 2 is 1.97 bits per heavy atom. The summed E-state index contributed by atoms with van der Waals surface area (Å²) in [5.41, 5.74) is 0.665. The molecule has 0 aromatic carbocycles. The van der Waals surface area contributed by atoms with Crippen molar-refractivity contribution in [1.82, 2.24) is 30.3 Å². The summed E-state index contributed by atoms with van der Waals surface area (Å²) in [6.45, 7) is 1.14. The number of ether oxygens (including phenoxy) is 1. The molecule has 0 aliphatic carbocycles. The van der Waals surface area contributed by atoms with E-state index in [0.717, 1.165) is 0 Å². The van der Waals surface area contributed by atoms with Gasteiger partial charge in [0.15, 0.2) is 0 Å². The van der Waals surface area contributed by atoms with Crippen LogP contribution >= 0.6 is 0 Å². The first kappa shape index (κ1) is 22.3. The first-order chi connectivity index (χ1) is 15.8. The number of nitrogens with zero attached hydrogens (tertiary/aromatic N) is 5. The maximum atomic E-state index is 12.8. The lowest BCUT2D eigenvalue weighted by molar-refractivity contribution is -0.159. The quantitative estimate of drug-likeness (QED) is 0.609. The fourth-order valence-electron chi connectivity index (χ4n) is 3.17. The number of aromatic nitrogens is 4. The molecule has 1 fully saturated rings. The molecule has 1 aliphatic rings. The van der Waals surface area contributed by atoms with Crippen LogP contribution in [0.2, 0.25) is 0 Å². The highest BCUT2D eigenvalue weighted by Crippen LogP contribution is 2.29. The largest absolute Gasteiger partial charge is 0.471 e. The van der Waals surface area contributed by atoms with Crippen molar-refractivity contribution in [2.45, 2.75) is 12.2 Å². The van der Waals surface area contributed by atoms with E-state index in [1.165, 1.54) is 30.7 Å². The summed E-state index contributed by atoms with van der Waals surface area (Å²) in [4.78, 5) is 38.0. The average molecular weight is 462 g/mol. The summed E-state index contributed by atoms with van der Waals surface area (Å²) in [7, 11) is 0. The molecule has 10 nitrogen and oxygen atoms in total. The van der Waals surface area contributed by atoms with E-state index in [1.54, 1.807) is 17.0 Å². The van der Waals surface area contributed by atoms with Crippen LogP contribution in [-0.4, -0.2) is 69.2 Å². The number of morpholine rings is 1. The van der Waals surface area contributed by atoms with Crippen LogP contribution in [-0.2, 0) is 10.9 Å². The zero-order valence-corrected chi connectivity index (χ0v) is 17.0. The number of alkyl halides is 3. The second-order valence-electron chi connectivity index (χ2n) is 7.03. The summed E-state index contributed by atoms with van der Waals surface area (Å²) < 4.78 is 47.4. The van der Waals surface area contributed by atoms with Gasteiger partial charge in [0.05, 0.1) is 19.3 Å². The molecule has 0 radical (unpaired) electrons. The molecule has 3 aromatic rings. The van der Waals surface area contributed by atoms with Gasteiger partial charge in [0.25, 0.3) is 11.8 Å². The summed E-state index contributed by atoms with van der Waals surface area (Å²) in [6, 6.07) is 5.52. The van der Waals surface area contributed by atoms with Crippen LogP contribution in [0.15, 0.2) is 47.4 Å². The molecule has 0 bridgehead atoms. The number of pyridine rings is 2. The Labute approximate surface area is 184 Å². The monoisotopic (exact) mass is 462 g/mol. The lowest BCUT2D eigenvalue weighted by atomic mass is 10.1. The predicted molar refractivity (Wildman–Crippen MR) is 105 cm³/mol. The SMILES string of the molecule is O=C(NC[C@H]1COCCN1C(=O)c1ccncc1)c1ccc(-c2noc(C(F)(F)F)n2)cn1. The molecule has 1 atom stereocenters. The Morgan fingerprint density at radius 1 is 1.18 bits per heavy atom. The van der Waals surface area contributed by atoms with Gasteiger partial charge in [-0.15, -0.1) is 0 Å². The predicted octanol–water partition coefficient (Wildman–Crippen LogP) is 1.82. The third-order valence-corrected chi connectivity index (χ3v) is 4.84. The van der Waals surface area contributed by atoms with Gasteiger partial charge in [0.1, 0.15) is 5.69 Å². The second kappa shape index (κ2) is 9.32. The molecule has 4 rings (SSSR count). The van der Waals surface area contributed by atoms with E-state index in [9.17, 15) is 22.8 Å². The molecule has 33 heavy (non-hydrogen) atoms. The Kier molecular flexibility index (Phi) is 6.31. The van der Waals surface area contributed by atoms with Crippen molar-refractivity contribution in [2.24, 2.45) is 0 Å². The van der Waals surface area contributed by atoms with Crippen molar-refractivity contribution in [1.29, 1.82) is 0 Å². The number of rotatable bonds is 5. The van der Waals surface area contributed by atoms with E-state index in [0.29, 0.717) is 18.7 Å². The number of nitrogens with one attached hydrogen (secondary N) is 1. The standard InChI is InChI=1S/C20H17F3N6O4/c21-20(22,23)19-27-16(28-33-19)13-1-2-15(25-9-13)17(30)26-10-14-11-32-8-7-29(14)18(31)12-3-5-24-6-4-12/h1-6,9,14H,7-8,10-11H2,(H,26,30)/t14-/m0/s1. The van der Waals surface area contributed by atoms with Crippen LogP contribution in [0.1, 0.15) is 26.7 Å². The van der Waals surface area contributed by atoms with Crippen molar-refractivity contribution in [2.75, 3.05) is 26.3 Å². The maximum absolute atomic E-state index is 12.8. The molecule has 0 saturated carbocycles. The molecule has 1 N–H and O–H groups in total. The van der Waals surface area contributed by atoms with Crippen LogP contribution < -0.4 is 5.32 Å². The van der Waals surface area contributed by atoms with Gasteiger partial charge in [-0.05, 0) is 24.3 Å². The third kappa shape index (κ3) is 5.14. The number of carbonyl (C=O) groups excluding carboxylic acids is 2. The van der Waals surface area contributed by atoms with E-state index in [1.807, 2.05) is 0 Å². The normalized spacial score (nSPS) is 16.5. The summed E-state index contributed by atoms with van der Waals surface area (Å²) in [6.07, 6.45) is -0.534. The van der Waals surface area contributed by atoms with Gasteiger partial charge >= 0.3 is 12.1 Å². The van der Waals surface area contributed by atoms with Crippen LogP contribution in [0.4, 0.5) is 13.2 Å². The number of hydrogen-bond donors (Lipinski definition) is 1. The van der Waals surface area contributed by atoms with E-state index < -0.39 is 18.0 Å². The molecule has 0 unspecified atom stereocenters. The molecule has 1 saturated heterocycles. The molecule has 172 valence electrons. The number of hydrogen-bond acceptors (Lipinski definition) is 8. The second-order valence-corrected chi connectivity index (χ2v) is 7.03. The molecule has 4 heterocycles. The number of halogens is 3. The summed E-state index contributed by atoms with van der Waals surface area (Å²) in [5, 5.41) is 5.97. The van der Waals surface area contributed by atoms with E-state index in [2.05, 4.69) is 29.9 Å². The summed E-state index contributed by atoms with van der Waals surface area (Å²) in [5.74, 6) is -2.49. The van der Waals surface area contributed by atoms with Gasteiger partial charge in [-0.3, -0.25) is 19.6 Å². The van der Waals surface area contributed by atoms with Gasteiger partial charge in [-0.2, -0.15) is 18.2 Å². The average Bonchev–Trinajstić information content (AvgIpc) is 3.34. The molecule has 3 aromatic heterocycles. The number of carbonyl (C=O) groups is 2. The molecular weight excluding hydrogens is 445 g/mol. The fraction of sp³-hybridized carbons (Fsp3) is 0.300. The van der Waals surface area contributed by atoms with Crippen molar-refractivity contribution in [3.8, 4) is 11.4 Å². The highest BCUT2D eigenvalue weighted by atomic mass is 19.4. The van der Waals surface area contributed by atoms with Gasteiger partial charge in [0.2, 0.25) is 5.82 Å². The zero-order chi connectivity index (χ0) is 23.4. The van der Waals surface area contributed by atoms with Crippen LogP contribution in [0.3, 0.4) is 0 Å². The first-order valence-corrected chi connectivity index (χ1v) is 9.77. The van der Waals surface area contributed by atoms with E-state index in [-0.39, 0.29) is 42.2 Å². The van der Waals surface area contributed by atoms with Crippen molar-refractivity contribution in [3.63, 3.8) is 0 Å². The van der Waals surface area contributed by atoms with E-state index >= 15 is 0 Å². The van der Waals surface area contributed by atoms with Gasteiger partial charge < -0.3 is 19.5 Å². The fourth-order valence-corrected chi connectivity index (χ4v) is 3.17. The van der Waals surface area contributed by atoms with Crippen LogP contribution in [0.25, 0.3) is 11.4 Å². The van der Waals surface area contributed by atoms with Gasteiger partial charge in [-0.25, -0.2) is 0 Å². The molecular formula is C20H17F3N6O4. The first-order valence-electron chi connectivity index (χ1n) is 9.77. The van der Waals surface area contributed by atoms with Crippen LogP contribution in [0.5, 0.6) is 0 Å². The highest BCUT2D eigenvalue weighted by molar-refractivity contribution is 5.95. The van der Waals surface area contributed by atoms with Crippen molar-refractivity contribution < 1.29 is 32.0 Å². The lowest BCUT2D eigenvalue weighted by Gasteiger charge is -2.35. The Balaban J connectivity index is 1.38. The molecule has 2 amide bonds. The third-order valence-electron chi connectivity index (χ3n) is 4.84. The smallest absolute Gasteiger partial charge is 0.377 e. The zero-order valence-electron chi connectivity index (χ0n) is 17.0. The van der Waals surface area contributed by atoms with Gasteiger partial charge in [-0.1, -0.05) is 5.16 Å². The Morgan fingerprint density at radius 3 is 2.64 bits per heavy atom. The van der Waals surface area contributed by atoms with Crippen LogP contribution in [0, 0.1) is 0 Å². The topological polar surface area (TPSA) is 123 Å². The molecule has 13 heteroatoms. The maximum Gasteiger partial charge on any atom is 0.471 e. The minimum atomic E-state index is -4.76. The molecule has 1 aliphatic heterocycles. The molecule has 0 spiro atoms. The Hall–Kier alpha value is -3.87. The number of amides is 2. The summed E-state index contributed by atoms with van der Waals surface area (Å²) >= 11 is 0.